The Kier molecular flexibility index (Phi) is 5.09. The van der Waals surface area contributed by atoms with Crippen LogP contribution in [-0.4, -0.2) is 37.4 Å². The lowest BCUT2D eigenvalue weighted by molar-refractivity contribution is 0.0606. The molecule has 0 bridgehead atoms. The van der Waals surface area contributed by atoms with E-state index in [-0.39, 0.29) is 12.1 Å². The van der Waals surface area contributed by atoms with Gasteiger partial charge in [-0.25, -0.2) is 4.79 Å². The molecule has 2 aromatic rings. The minimum atomic E-state index is -0.311. The van der Waals surface area contributed by atoms with Gasteiger partial charge in [0.05, 0.1) is 13.2 Å². The molecule has 1 saturated heterocycles. The quantitative estimate of drug-likeness (QED) is 0.652. The van der Waals surface area contributed by atoms with Gasteiger partial charge in [-0.2, -0.15) is 0 Å². The van der Waals surface area contributed by atoms with Crippen molar-refractivity contribution >= 4 is 50.4 Å². The molecule has 1 aromatic heterocycles. The number of fused-ring (bicyclic) bond motifs is 1. The molecule has 0 unspecified atom stereocenters. The van der Waals surface area contributed by atoms with Crippen LogP contribution in [0.2, 0.25) is 0 Å². The van der Waals surface area contributed by atoms with E-state index in [0.29, 0.717) is 9.99 Å². The molecule has 3 rings (SSSR count). The summed E-state index contributed by atoms with van der Waals surface area (Å²) in [4.78, 5) is 12.2. The number of rotatable bonds is 4. The van der Waals surface area contributed by atoms with Crippen molar-refractivity contribution in [1.29, 1.82) is 0 Å². The van der Waals surface area contributed by atoms with Crippen LogP contribution in [0.3, 0.4) is 0 Å². The smallest absolute Gasteiger partial charge is 0.348 e. The summed E-state index contributed by atoms with van der Waals surface area (Å²) in [5, 5.41) is 7.90. The molecule has 0 amide bonds. The highest BCUT2D eigenvalue weighted by Crippen LogP contribution is 2.28. The van der Waals surface area contributed by atoms with Crippen LogP contribution in [0.25, 0.3) is 10.1 Å². The van der Waals surface area contributed by atoms with E-state index in [1.807, 2.05) is 24.3 Å². The van der Waals surface area contributed by atoms with Gasteiger partial charge in [0.25, 0.3) is 0 Å². The minimum Gasteiger partial charge on any atom is -0.465 e. The summed E-state index contributed by atoms with van der Waals surface area (Å²) in [5.41, 5.74) is 0.886. The van der Waals surface area contributed by atoms with Crippen LogP contribution in [0.1, 0.15) is 22.5 Å². The van der Waals surface area contributed by atoms with Gasteiger partial charge in [0.1, 0.15) is 4.88 Å². The Labute approximate surface area is 144 Å². The average Bonchev–Trinajstić information content (AvgIpc) is 3.21. The number of nitrogens with one attached hydrogen (secondary N) is 2. The van der Waals surface area contributed by atoms with Gasteiger partial charge in [0, 0.05) is 23.5 Å². The number of benzene rings is 1. The minimum absolute atomic E-state index is 0.247. The van der Waals surface area contributed by atoms with E-state index >= 15 is 0 Å². The van der Waals surface area contributed by atoms with Crippen molar-refractivity contribution < 1.29 is 14.3 Å². The van der Waals surface area contributed by atoms with E-state index in [1.165, 1.54) is 18.4 Å². The average molecular weight is 350 g/mol. The van der Waals surface area contributed by atoms with E-state index in [4.69, 9.17) is 21.7 Å². The first-order valence-electron chi connectivity index (χ1n) is 7.44. The molecule has 1 fully saturated rings. The SMILES string of the molecule is COC(=O)c1cc2cc(NC(=S)NC[C@@H]3CCCO3)ccc2s1. The van der Waals surface area contributed by atoms with Gasteiger partial charge in [-0.3, -0.25) is 0 Å². The van der Waals surface area contributed by atoms with Gasteiger partial charge in [0.2, 0.25) is 0 Å². The maximum Gasteiger partial charge on any atom is 0.348 e. The number of anilines is 1. The molecule has 2 heterocycles. The zero-order chi connectivity index (χ0) is 16.2. The number of carbonyl (C=O) groups is 1. The third kappa shape index (κ3) is 3.99. The Morgan fingerprint density at radius 2 is 2.35 bits per heavy atom. The highest BCUT2D eigenvalue weighted by molar-refractivity contribution is 7.80. The van der Waals surface area contributed by atoms with Crippen LogP contribution < -0.4 is 10.6 Å². The van der Waals surface area contributed by atoms with Crippen molar-refractivity contribution in [2.24, 2.45) is 0 Å². The van der Waals surface area contributed by atoms with Crippen molar-refractivity contribution in [2.75, 3.05) is 25.6 Å². The number of hydrogen-bond donors (Lipinski definition) is 2. The second kappa shape index (κ2) is 7.25. The zero-order valence-corrected chi connectivity index (χ0v) is 14.4. The van der Waals surface area contributed by atoms with Crippen LogP contribution in [0, 0.1) is 0 Å². The number of esters is 1. The summed E-state index contributed by atoms with van der Waals surface area (Å²) in [5.74, 6) is -0.311. The van der Waals surface area contributed by atoms with E-state index in [0.717, 1.165) is 41.8 Å². The second-order valence-corrected chi connectivity index (χ2v) is 6.82. The summed E-state index contributed by atoms with van der Waals surface area (Å²) in [7, 11) is 1.39. The molecule has 1 aliphatic rings. The van der Waals surface area contributed by atoms with Crippen LogP contribution in [-0.2, 0) is 9.47 Å². The largest absolute Gasteiger partial charge is 0.465 e. The molecular formula is C16H18N2O3S2. The Bertz CT molecular complexity index is 723. The first-order valence-corrected chi connectivity index (χ1v) is 8.66. The lowest BCUT2D eigenvalue weighted by Gasteiger charge is -2.14. The first-order chi connectivity index (χ1) is 11.2. The summed E-state index contributed by atoms with van der Waals surface area (Å²) in [6.07, 6.45) is 2.44. The molecule has 1 aliphatic heterocycles. The number of thiocarbonyl (C=S) groups is 1. The standard InChI is InChI=1S/C16H18N2O3S2/c1-20-15(19)14-8-10-7-11(4-5-13(10)23-14)18-16(22)17-9-12-3-2-6-21-12/h4-5,7-8,12H,2-3,6,9H2,1H3,(H2,17,18,22)/t12-/m0/s1. The summed E-state index contributed by atoms with van der Waals surface area (Å²) >= 11 is 6.73. The van der Waals surface area contributed by atoms with E-state index < -0.39 is 0 Å². The molecule has 1 aromatic carbocycles. The molecule has 1 atom stereocenters. The maximum atomic E-state index is 11.6. The van der Waals surface area contributed by atoms with Gasteiger partial charge >= 0.3 is 5.97 Å². The molecule has 2 N–H and O–H groups in total. The van der Waals surface area contributed by atoms with Gasteiger partial charge in [0.15, 0.2) is 5.11 Å². The van der Waals surface area contributed by atoms with Crippen LogP contribution in [0.15, 0.2) is 24.3 Å². The van der Waals surface area contributed by atoms with Gasteiger partial charge in [-0.1, -0.05) is 0 Å². The molecule has 0 saturated carbocycles. The Morgan fingerprint density at radius 1 is 1.48 bits per heavy atom. The van der Waals surface area contributed by atoms with E-state index in [1.54, 1.807) is 0 Å². The van der Waals surface area contributed by atoms with Crippen molar-refractivity contribution in [3.63, 3.8) is 0 Å². The first kappa shape index (κ1) is 16.2. The van der Waals surface area contributed by atoms with Crippen molar-refractivity contribution in [1.82, 2.24) is 5.32 Å². The molecule has 0 aliphatic carbocycles. The number of methoxy groups -OCH3 is 1. The summed E-state index contributed by atoms with van der Waals surface area (Å²) in [6.45, 7) is 1.56. The van der Waals surface area contributed by atoms with Gasteiger partial charge in [-0.15, -0.1) is 11.3 Å². The predicted molar refractivity (Wildman–Crippen MR) is 96.4 cm³/mol. The fourth-order valence-corrected chi connectivity index (χ4v) is 3.67. The zero-order valence-electron chi connectivity index (χ0n) is 12.8. The molecule has 0 spiro atoms. The second-order valence-electron chi connectivity index (χ2n) is 5.32. The maximum absolute atomic E-state index is 11.6. The third-order valence-electron chi connectivity index (χ3n) is 3.68. The van der Waals surface area contributed by atoms with Crippen molar-refractivity contribution in [3.05, 3.63) is 29.1 Å². The molecular weight excluding hydrogens is 332 g/mol. The van der Waals surface area contributed by atoms with E-state index in [2.05, 4.69) is 10.6 Å². The van der Waals surface area contributed by atoms with Crippen LogP contribution in [0.4, 0.5) is 5.69 Å². The van der Waals surface area contributed by atoms with Crippen molar-refractivity contribution in [2.45, 2.75) is 18.9 Å². The summed E-state index contributed by atoms with van der Waals surface area (Å²) < 4.78 is 11.3. The van der Waals surface area contributed by atoms with Crippen molar-refractivity contribution in [3.8, 4) is 0 Å². The number of hydrogen-bond acceptors (Lipinski definition) is 5. The van der Waals surface area contributed by atoms with Crippen LogP contribution >= 0.6 is 23.6 Å². The highest BCUT2D eigenvalue weighted by atomic mass is 32.1. The Morgan fingerprint density at radius 3 is 3.09 bits per heavy atom. The molecule has 122 valence electrons. The topological polar surface area (TPSA) is 59.6 Å². The number of carbonyl (C=O) groups excluding carboxylic acids is 1. The summed E-state index contributed by atoms with van der Waals surface area (Å²) in [6, 6.07) is 7.72. The Balaban J connectivity index is 1.63. The molecule has 5 nitrogen and oxygen atoms in total. The highest BCUT2D eigenvalue weighted by Gasteiger charge is 2.15. The Hall–Kier alpha value is -1.70. The number of ether oxygens (including phenoxy) is 2. The third-order valence-corrected chi connectivity index (χ3v) is 5.02. The fourth-order valence-electron chi connectivity index (χ4n) is 2.51. The molecule has 7 heteroatoms. The molecule has 23 heavy (non-hydrogen) atoms. The number of thiophene rings is 1. The molecule has 0 radical (unpaired) electrons. The van der Waals surface area contributed by atoms with Crippen LogP contribution in [0.5, 0.6) is 0 Å². The van der Waals surface area contributed by atoms with Gasteiger partial charge in [-0.05, 0) is 54.7 Å². The lowest BCUT2D eigenvalue weighted by Crippen LogP contribution is -2.34. The normalized spacial score (nSPS) is 17.2. The predicted octanol–water partition coefficient (Wildman–Crippen LogP) is 3.15. The fraction of sp³-hybridized carbons (Fsp3) is 0.375. The van der Waals surface area contributed by atoms with E-state index in [9.17, 15) is 4.79 Å². The lowest BCUT2D eigenvalue weighted by atomic mass is 10.2. The monoisotopic (exact) mass is 350 g/mol. The van der Waals surface area contributed by atoms with Gasteiger partial charge < -0.3 is 20.1 Å².